The van der Waals surface area contributed by atoms with E-state index in [0.717, 1.165) is 9.87 Å². The fraction of sp³-hybridized carbons (Fsp3) is 0.312. The molecule has 130 valence electrons. The molecule has 0 aliphatic carbocycles. The highest BCUT2D eigenvalue weighted by Gasteiger charge is 2.23. The predicted octanol–water partition coefficient (Wildman–Crippen LogP) is 2.42. The van der Waals surface area contributed by atoms with E-state index in [2.05, 4.69) is 0 Å². The first-order valence-electron chi connectivity index (χ1n) is 7.14. The Morgan fingerprint density at radius 3 is 2.46 bits per heavy atom. The van der Waals surface area contributed by atoms with E-state index in [4.69, 9.17) is 4.74 Å². The van der Waals surface area contributed by atoms with Crippen molar-refractivity contribution in [1.82, 2.24) is 4.31 Å². The summed E-state index contributed by atoms with van der Waals surface area (Å²) in [6.07, 6.45) is 0. The van der Waals surface area contributed by atoms with Crippen molar-refractivity contribution in [3.63, 3.8) is 0 Å². The van der Waals surface area contributed by atoms with Crippen LogP contribution >= 0.6 is 11.3 Å². The zero-order chi connectivity index (χ0) is 17.9. The molecule has 0 unspecified atom stereocenters. The van der Waals surface area contributed by atoms with Crippen molar-refractivity contribution in [2.75, 3.05) is 33.2 Å². The van der Waals surface area contributed by atoms with Crippen molar-refractivity contribution in [2.45, 2.75) is 11.4 Å². The van der Waals surface area contributed by atoms with Crippen LogP contribution in [-0.2, 0) is 21.3 Å². The molecule has 6 nitrogen and oxygen atoms in total. The molecule has 0 saturated heterocycles. The standard InChI is InChI=1S/C16H20N2O4S2/c1-17(2)24(20,21)13-5-6-15(14(9-13)16(19)22-4)18(3)10-12-7-8-23-11-12/h5-9,11H,10H2,1-4H3. The molecule has 0 atom stereocenters. The van der Waals surface area contributed by atoms with Gasteiger partial charge in [0.25, 0.3) is 0 Å². The molecule has 0 amide bonds. The maximum Gasteiger partial charge on any atom is 0.340 e. The van der Waals surface area contributed by atoms with Gasteiger partial charge >= 0.3 is 5.97 Å². The number of esters is 1. The first kappa shape index (κ1) is 18.4. The Morgan fingerprint density at radius 2 is 1.92 bits per heavy atom. The third-order valence-corrected chi connectivity index (χ3v) is 6.11. The van der Waals surface area contributed by atoms with Crippen molar-refractivity contribution in [1.29, 1.82) is 0 Å². The van der Waals surface area contributed by atoms with Crippen molar-refractivity contribution >= 4 is 33.0 Å². The van der Waals surface area contributed by atoms with Crippen molar-refractivity contribution in [2.24, 2.45) is 0 Å². The minimum absolute atomic E-state index is 0.0561. The highest BCUT2D eigenvalue weighted by atomic mass is 32.2. The van der Waals surface area contributed by atoms with Gasteiger partial charge in [-0.1, -0.05) is 0 Å². The molecule has 0 spiro atoms. The summed E-state index contributed by atoms with van der Waals surface area (Å²) in [6.45, 7) is 0.604. The van der Waals surface area contributed by atoms with Crippen LogP contribution in [0, 0.1) is 0 Å². The van der Waals surface area contributed by atoms with Gasteiger partial charge in [0.15, 0.2) is 0 Å². The fourth-order valence-electron chi connectivity index (χ4n) is 2.23. The minimum Gasteiger partial charge on any atom is -0.465 e. The van der Waals surface area contributed by atoms with Crippen LogP contribution < -0.4 is 4.90 Å². The Balaban J connectivity index is 2.46. The SMILES string of the molecule is COC(=O)c1cc(S(=O)(=O)N(C)C)ccc1N(C)Cc1ccsc1. The first-order valence-corrected chi connectivity index (χ1v) is 9.52. The number of carbonyl (C=O) groups is 1. The second-order valence-corrected chi connectivity index (χ2v) is 8.38. The van der Waals surface area contributed by atoms with Gasteiger partial charge in [-0.15, -0.1) is 0 Å². The lowest BCUT2D eigenvalue weighted by Gasteiger charge is -2.22. The van der Waals surface area contributed by atoms with E-state index in [1.54, 1.807) is 17.4 Å². The van der Waals surface area contributed by atoms with E-state index >= 15 is 0 Å². The van der Waals surface area contributed by atoms with Crippen LogP contribution in [0.25, 0.3) is 0 Å². The summed E-state index contributed by atoms with van der Waals surface area (Å²) in [6, 6.07) is 6.50. The molecule has 8 heteroatoms. The van der Waals surface area contributed by atoms with Gasteiger partial charge in [0, 0.05) is 27.7 Å². The number of anilines is 1. The summed E-state index contributed by atoms with van der Waals surface area (Å²) >= 11 is 1.60. The zero-order valence-corrected chi connectivity index (χ0v) is 15.6. The number of sulfonamides is 1. The van der Waals surface area contributed by atoms with Gasteiger partial charge in [0.05, 0.1) is 23.3 Å². The average molecular weight is 368 g/mol. The molecule has 2 rings (SSSR count). The number of methoxy groups -OCH3 is 1. The second kappa shape index (κ2) is 7.33. The number of ether oxygens (including phenoxy) is 1. The predicted molar refractivity (Wildman–Crippen MR) is 95.1 cm³/mol. The second-order valence-electron chi connectivity index (χ2n) is 5.45. The lowest BCUT2D eigenvalue weighted by Crippen LogP contribution is -2.24. The van der Waals surface area contributed by atoms with Gasteiger partial charge in [0.2, 0.25) is 10.0 Å². The molecule has 1 aromatic heterocycles. The highest BCUT2D eigenvalue weighted by Crippen LogP contribution is 2.26. The summed E-state index contributed by atoms with van der Waals surface area (Å²) in [5, 5.41) is 4.01. The molecule has 0 saturated carbocycles. The zero-order valence-electron chi connectivity index (χ0n) is 14.0. The maximum atomic E-state index is 12.3. The van der Waals surface area contributed by atoms with Gasteiger partial charge < -0.3 is 9.64 Å². The van der Waals surface area contributed by atoms with Crippen LogP contribution in [0.1, 0.15) is 15.9 Å². The van der Waals surface area contributed by atoms with Gasteiger partial charge in [0.1, 0.15) is 0 Å². The average Bonchev–Trinajstić information content (AvgIpc) is 3.06. The van der Waals surface area contributed by atoms with Crippen LogP contribution in [0.15, 0.2) is 39.9 Å². The minimum atomic E-state index is -3.62. The Morgan fingerprint density at radius 1 is 1.21 bits per heavy atom. The van der Waals surface area contributed by atoms with E-state index in [9.17, 15) is 13.2 Å². The van der Waals surface area contributed by atoms with E-state index in [1.807, 2.05) is 28.8 Å². The van der Waals surface area contributed by atoms with Gasteiger partial charge in [-0.3, -0.25) is 0 Å². The monoisotopic (exact) mass is 368 g/mol. The molecule has 0 radical (unpaired) electrons. The van der Waals surface area contributed by atoms with Crippen LogP contribution in [0.5, 0.6) is 0 Å². The lowest BCUT2D eigenvalue weighted by atomic mass is 10.1. The van der Waals surface area contributed by atoms with Crippen molar-refractivity contribution in [3.05, 3.63) is 46.2 Å². The topological polar surface area (TPSA) is 66.9 Å². The quantitative estimate of drug-likeness (QED) is 0.733. The van der Waals surface area contributed by atoms with Crippen molar-refractivity contribution < 1.29 is 17.9 Å². The molecular weight excluding hydrogens is 348 g/mol. The molecular formula is C16H20N2O4S2. The summed E-state index contributed by atoms with van der Waals surface area (Å²) in [7, 11) is 2.39. The normalized spacial score (nSPS) is 11.5. The van der Waals surface area contributed by atoms with Crippen LogP contribution in [0.4, 0.5) is 5.69 Å². The van der Waals surface area contributed by atoms with Gasteiger partial charge in [-0.25, -0.2) is 17.5 Å². The molecule has 1 heterocycles. The Bertz CT molecular complexity index is 815. The van der Waals surface area contributed by atoms with Crippen molar-refractivity contribution in [3.8, 4) is 0 Å². The van der Waals surface area contributed by atoms with Crippen LogP contribution in [0.2, 0.25) is 0 Å². The summed E-state index contributed by atoms with van der Waals surface area (Å²) in [4.78, 5) is 14.1. The molecule has 2 aromatic rings. The van der Waals surface area contributed by atoms with Crippen LogP contribution in [-0.4, -0.2) is 46.9 Å². The molecule has 0 bridgehead atoms. The summed E-state index contributed by atoms with van der Waals surface area (Å²) in [5.74, 6) is -0.571. The van der Waals surface area contributed by atoms with E-state index in [-0.39, 0.29) is 10.5 Å². The van der Waals surface area contributed by atoms with E-state index < -0.39 is 16.0 Å². The Labute approximate surface area is 146 Å². The van der Waals surface area contributed by atoms with E-state index in [0.29, 0.717) is 12.2 Å². The number of rotatable bonds is 6. The number of benzene rings is 1. The largest absolute Gasteiger partial charge is 0.465 e. The Kier molecular flexibility index (Phi) is 5.63. The van der Waals surface area contributed by atoms with E-state index in [1.165, 1.54) is 33.3 Å². The molecule has 1 aromatic carbocycles. The smallest absolute Gasteiger partial charge is 0.340 e. The van der Waals surface area contributed by atoms with Gasteiger partial charge in [-0.05, 0) is 40.6 Å². The lowest BCUT2D eigenvalue weighted by molar-refractivity contribution is 0.0601. The molecule has 24 heavy (non-hydrogen) atoms. The van der Waals surface area contributed by atoms with Crippen LogP contribution in [0.3, 0.4) is 0 Å². The molecule has 0 aliphatic rings. The Hall–Kier alpha value is -1.90. The molecule has 0 N–H and O–H groups in total. The number of hydrogen-bond acceptors (Lipinski definition) is 6. The highest BCUT2D eigenvalue weighted by molar-refractivity contribution is 7.89. The summed E-state index contributed by atoms with van der Waals surface area (Å²) < 4.78 is 30.5. The molecule has 0 fully saturated rings. The fourth-order valence-corrected chi connectivity index (χ4v) is 3.82. The maximum absolute atomic E-state index is 12.3. The molecule has 0 aliphatic heterocycles. The summed E-state index contributed by atoms with van der Waals surface area (Å²) in [5.41, 5.74) is 1.95. The third kappa shape index (κ3) is 3.77. The number of thiophene rings is 1. The van der Waals surface area contributed by atoms with Gasteiger partial charge in [-0.2, -0.15) is 11.3 Å². The number of nitrogens with zero attached hydrogens (tertiary/aromatic N) is 2. The number of carbonyl (C=O) groups excluding carboxylic acids is 1. The third-order valence-electron chi connectivity index (χ3n) is 3.56. The number of hydrogen-bond donors (Lipinski definition) is 0. The first-order chi connectivity index (χ1) is 11.3.